The van der Waals surface area contributed by atoms with Crippen molar-refractivity contribution >= 4 is 17.5 Å². The SMILES string of the molecule is CN(C)/C=C/C(=O)c1ccc(OCc2ccccc2)cc1.CSc1nccc(-c2ccc(OCc3ccccc3)cc2)n1. The van der Waals surface area contributed by atoms with Gasteiger partial charge in [-0.05, 0) is 72.0 Å². The highest BCUT2D eigenvalue weighted by Crippen LogP contribution is 2.22. The predicted octanol–water partition coefficient (Wildman–Crippen LogP) is 7.97. The first kappa shape index (κ1) is 31.1. The van der Waals surface area contributed by atoms with E-state index in [-0.39, 0.29) is 5.78 Å². The third kappa shape index (κ3) is 10.5. The topological polar surface area (TPSA) is 64.6 Å². The standard InChI is InChI=1S/C18H16N2OS.C18H19NO2/c1-22-18-19-12-11-17(20-18)15-7-9-16(10-8-15)21-13-14-5-3-2-4-6-14;1-19(2)13-12-18(20)16-8-10-17(11-9-16)21-14-15-6-4-3-5-7-15/h2-12H,13H2,1H3;3-13H,14H2,1-2H3/b;13-12+. The fraction of sp³-hybridized carbons (Fsp3) is 0.139. The van der Waals surface area contributed by atoms with E-state index in [9.17, 15) is 4.79 Å². The fourth-order valence-electron chi connectivity index (χ4n) is 3.83. The van der Waals surface area contributed by atoms with Crippen LogP contribution in [0.15, 0.2) is 139 Å². The zero-order chi connectivity index (χ0) is 30.3. The van der Waals surface area contributed by atoms with Crippen LogP contribution in [0.4, 0.5) is 0 Å². The average Bonchev–Trinajstić information content (AvgIpc) is 3.07. The van der Waals surface area contributed by atoms with E-state index in [4.69, 9.17) is 9.47 Å². The maximum absolute atomic E-state index is 11.9. The molecule has 0 aliphatic rings. The Bertz CT molecular complexity index is 1570. The summed E-state index contributed by atoms with van der Waals surface area (Å²) in [4.78, 5) is 22.4. The van der Waals surface area contributed by atoms with Crippen LogP contribution in [0.1, 0.15) is 21.5 Å². The number of nitrogens with zero attached hydrogens (tertiary/aromatic N) is 3. The normalized spacial score (nSPS) is 10.5. The van der Waals surface area contributed by atoms with Crippen molar-refractivity contribution in [3.05, 3.63) is 150 Å². The van der Waals surface area contributed by atoms with Crippen LogP contribution in [0.25, 0.3) is 11.3 Å². The van der Waals surface area contributed by atoms with Crippen LogP contribution in [0.2, 0.25) is 0 Å². The van der Waals surface area contributed by atoms with Gasteiger partial charge in [-0.3, -0.25) is 4.79 Å². The number of rotatable bonds is 11. The maximum Gasteiger partial charge on any atom is 0.187 e. The molecule has 0 spiro atoms. The number of ether oxygens (including phenoxy) is 2. The van der Waals surface area contributed by atoms with E-state index < -0.39 is 0 Å². The third-order valence-electron chi connectivity index (χ3n) is 6.13. The van der Waals surface area contributed by atoms with Gasteiger partial charge in [-0.15, -0.1) is 0 Å². The Kier molecular flexibility index (Phi) is 11.9. The molecule has 1 aromatic heterocycles. The Morgan fingerprint density at radius 3 is 1.79 bits per heavy atom. The lowest BCUT2D eigenvalue weighted by molar-refractivity contribution is 0.104. The number of ketones is 1. The van der Waals surface area contributed by atoms with E-state index in [1.165, 1.54) is 11.8 Å². The molecule has 0 N–H and O–H groups in total. The lowest BCUT2D eigenvalue weighted by Gasteiger charge is -2.07. The minimum atomic E-state index is -0.0155. The van der Waals surface area contributed by atoms with E-state index >= 15 is 0 Å². The molecule has 43 heavy (non-hydrogen) atoms. The summed E-state index contributed by atoms with van der Waals surface area (Å²) in [5.41, 5.74) is 4.91. The molecular weight excluding hydrogens is 554 g/mol. The van der Waals surface area contributed by atoms with Crippen LogP contribution in [0.5, 0.6) is 11.5 Å². The predicted molar refractivity (Wildman–Crippen MR) is 174 cm³/mol. The highest BCUT2D eigenvalue weighted by Gasteiger charge is 2.04. The summed E-state index contributed by atoms with van der Waals surface area (Å²) in [5, 5.41) is 0.780. The lowest BCUT2D eigenvalue weighted by Crippen LogP contribution is -2.03. The number of benzene rings is 4. The second kappa shape index (κ2) is 16.5. The zero-order valence-electron chi connectivity index (χ0n) is 24.6. The molecule has 0 unspecified atom stereocenters. The minimum absolute atomic E-state index is 0.0155. The van der Waals surface area contributed by atoms with E-state index in [0.29, 0.717) is 18.8 Å². The second-order valence-corrected chi connectivity index (χ2v) is 10.4. The number of allylic oxidation sites excluding steroid dienone is 1. The van der Waals surface area contributed by atoms with Crippen LogP contribution in [-0.4, -0.2) is 41.0 Å². The molecule has 0 saturated carbocycles. The van der Waals surface area contributed by atoms with Gasteiger partial charge in [0.1, 0.15) is 24.7 Å². The lowest BCUT2D eigenvalue weighted by atomic mass is 10.1. The summed E-state index contributed by atoms with van der Waals surface area (Å²) in [6.45, 7) is 1.10. The summed E-state index contributed by atoms with van der Waals surface area (Å²) in [5.74, 6) is 1.59. The van der Waals surface area contributed by atoms with Crippen LogP contribution in [0.3, 0.4) is 0 Å². The summed E-state index contributed by atoms with van der Waals surface area (Å²) in [6, 6.07) is 37.2. The number of hydrogen-bond acceptors (Lipinski definition) is 7. The quantitative estimate of drug-likeness (QED) is 0.0670. The smallest absolute Gasteiger partial charge is 0.187 e. The molecule has 7 heteroatoms. The Hall–Kier alpha value is -4.88. The van der Waals surface area contributed by atoms with Gasteiger partial charge >= 0.3 is 0 Å². The van der Waals surface area contributed by atoms with Gasteiger partial charge in [0.15, 0.2) is 10.9 Å². The molecule has 0 amide bonds. The third-order valence-corrected chi connectivity index (χ3v) is 6.69. The molecule has 5 aromatic rings. The number of carbonyl (C=O) groups excluding carboxylic acids is 1. The van der Waals surface area contributed by atoms with Gasteiger partial charge in [0.2, 0.25) is 0 Å². The van der Waals surface area contributed by atoms with Crippen molar-refractivity contribution < 1.29 is 14.3 Å². The molecule has 0 aliphatic heterocycles. The molecule has 0 fully saturated rings. The van der Waals surface area contributed by atoms with Crippen molar-refractivity contribution in [3.63, 3.8) is 0 Å². The molecule has 0 saturated heterocycles. The highest BCUT2D eigenvalue weighted by atomic mass is 32.2. The molecule has 0 atom stereocenters. The Balaban J connectivity index is 0.000000197. The number of hydrogen-bond donors (Lipinski definition) is 0. The van der Waals surface area contributed by atoms with Crippen LogP contribution >= 0.6 is 11.8 Å². The minimum Gasteiger partial charge on any atom is -0.489 e. The van der Waals surface area contributed by atoms with Gasteiger partial charge in [-0.2, -0.15) is 0 Å². The number of thioether (sulfide) groups is 1. The summed E-state index contributed by atoms with van der Waals surface area (Å²) < 4.78 is 11.5. The first-order valence-electron chi connectivity index (χ1n) is 13.8. The van der Waals surface area contributed by atoms with Crippen LogP contribution in [-0.2, 0) is 13.2 Å². The second-order valence-electron chi connectivity index (χ2n) is 9.67. The van der Waals surface area contributed by atoms with Crippen LogP contribution in [0, 0.1) is 0 Å². The number of aromatic nitrogens is 2. The van der Waals surface area contributed by atoms with Crippen molar-refractivity contribution in [3.8, 4) is 22.8 Å². The zero-order valence-corrected chi connectivity index (χ0v) is 25.4. The first-order chi connectivity index (χ1) is 21.0. The molecule has 218 valence electrons. The molecular formula is C36H35N3O3S. The fourth-order valence-corrected chi connectivity index (χ4v) is 4.19. The van der Waals surface area contributed by atoms with Crippen molar-refractivity contribution in [2.75, 3.05) is 20.4 Å². The molecule has 1 heterocycles. The molecule has 0 radical (unpaired) electrons. The highest BCUT2D eigenvalue weighted by molar-refractivity contribution is 7.98. The Morgan fingerprint density at radius 2 is 1.28 bits per heavy atom. The molecule has 4 aromatic carbocycles. The molecule has 5 rings (SSSR count). The largest absolute Gasteiger partial charge is 0.489 e. The van der Waals surface area contributed by atoms with E-state index in [0.717, 1.165) is 39.0 Å². The van der Waals surface area contributed by atoms with Crippen molar-refractivity contribution in [2.24, 2.45) is 0 Å². The van der Waals surface area contributed by atoms with Gasteiger partial charge in [0, 0.05) is 43.7 Å². The van der Waals surface area contributed by atoms with Crippen molar-refractivity contribution in [2.45, 2.75) is 18.4 Å². The summed E-state index contributed by atoms with van der Waals surface area (Å²) in [6.07, 6.45) is 7.05. The molecule has 6 nitrogen and oxygen atoms in total. The molecule has 0 bridgehead atoms. The summed E-state index contributed by atoms with van der Waals surface area (Å²) in [7, 11) is 3.76. The Morgan fingerprint density at radius 1 is 0.744 bits per heavy atom. The van der Waals surface area contributed by atoms with E-state index in [2.05, 4.69) is 22.1 Å². The first-order valence-corrected chi connectivity index (χ1v) is 15.0. The van der Waals surface area contributed by atoms with Gasteiger partial charge in [0.25, 0.3) is 0 Å². The Labute approximate surface area is 258 Å². The van der Waals surface area contributed by atoms with Gasteiger partial charge < -0.3 is 14.4 Å². The van der Waals surface area contributed by atoms with Crippen molar-refractivity contribution in [1.82, 2.24) is 14.9 Å². The van der Waals surface area contributed by atoms with Crippen molar-refractivity contribution in [1.29, 1.82) is 0 Å². The van der Waals surface area contributed by atoms with Gasteiger partial charge in [-0.1, -0.05) is 72.4 Å². The van der Waals surface area contributed by atoms with E-state index in [1.54, 1.807) is 30.6 Å². The molecule has 0 aliphatic carbocycles. The van der Waals surface area contributed by atoms with Crippen LogP contribution < -0.4 is 9.47 Å². The average molecular weight is 590 g/mol. The van der Waals surface area contributed by atoms with Gasteiger partial charge in [0.05, 0.1) is 5.69 Å². The van der Waals surface area contributed by atoms with Gasteiger partial charge in [-0.25, -0.2) is 9.97 Å². The maximum atomic E-state index is 11.9. The monoisotopic (exact) mass is 589 g/mol. The summed E-state index contributed by atoms with van der Waals surface area (Å²) >= 11 is 1.54. The number of carbonyl (C=O) groups is 1. The van der Waals surface area contributed by atoms with E-state index in [1.807, 2.05) is 116 Å².